The van der Waals surface area contributed by atoms with Gasteiger partial charge in [0, 0.05) is 31.2 Å². The van der Waals surface area contributed by atoms with E-state index in [1.54, 1.807) is 19.2 Å². The molecule has 0 fully saturated rings. The van der Waals surface area contributed by atoms with Crippen LogP contribution in [0.4, 0.5) is 5.69 Å². The first-order valence-corrected chi connectivity index (χ1v) is 8.56. The summed E-state index contributed by atoms with van der Waals surface area (Å²) in [7, 11) is -3.12. The molecule has 6 nitrogen and oxygen atoms in total. The Morgan fingerprint density at radius 1 is 1.45 bits per heavy atom. The lowest BCUT2D eigenvalue weighted by molar-refractivity contribution is 0.0944. The van der Waals surface area contributed by atoms with Gasteiger partial charge in [-0.05, 0) is 19.4 Å². The number of anilines is 1. The quantitative estimate of drug-likeness (QED) is 0.786. The van der Waals surface area contributed by atoms with Gasteiger partial charge in [0.2, 0.25) is 0 Å². The lowest BCUT2D eigenvalue weighted by Crippen LogP contribution is -2.37. The highest BCUT2D eigenvalue weighted by molar-refractivity contribution is 7.90. The monoisotopic (exact) mass is 299 g/mol. The number of sulfone groups is 1. The molecule has 7 heteroatoms. The molecule has 0 bridgehead atoms. The summed E-state index contributed by atoms with van der Waals surface area (Å²) in [5.41, 5.74) is 1.12. The first-order chi connectivity index (χ1) is 9.33. The van der Waals surface area contributed by atoms with E-state index in [2.05, 4.69) is 15.6 Å². The van der Waals surface area contributed by atoms with Crippen LogP contribution in [0.15, 0.2) is 18.5 Å². The average Bonchev–Trinajstić information content (AvgIpc) is 2.34. The molecule has 0 aliphatic rings. The number of nitrogens with zero attached hydrogens (tertiary/aromatic N) is 1. The number of amides is 1. The van der Waals surface area contributed by atoms with Gasteiger partial charge in [0.25, 0.3) is 5.91 Å². The molecule has 1 rings (SSSR count). The maximum atomic E-state index is 12.1. The van der Waals surface area contributed by atoms with Crippen LogP contribution in [0, 0.1) is 0 Å². The van der Waals surface area contributed by atoms with Crippen molar-refractivity contribution in [2.45, 2.75) is 26.3 Å². The zero-order valence-electron chi connectivity index (χ0n) is 12.0. The lowest BCUT2D eigenvalue weighted by Gasteiger charge is -2.15. The van der Waals surface area contributed by atoms with Crippen LogP contribution >= 0.6 is 0 Å². The summed E-state index contributed by atoms with van der Waals surface area (Å²) in [5.74, 6) is -0.413. The van der Waals surface area contributed by atoms with Crippen LogP contribution in [-0.2, 0) is 9.84 Å². The number of hydrogen-bond donors (Lipinski definition) is 2. The van der Waals surface area contributed by atoms with Gasteiger partial charge in [-0.15, -0.1) is 0 Å². The van der Waals surface area contributed by atoms with E-state index in [4.69, 9.17) is 0 Å². The highest BCUT2D eigenvalue weighted by atomic mass is 32.2. The highest BCUT2D eigenvalue weighted by Gasteiger charge is 2.16. The predicted octanol–water partition coefficient (Wildman–Crippen LogP) is 1.07. The third-order valence-corrected chi connectivity index (χ3v) is 3.67. The molecular formula is C13H21N3O3S. The second-order valence-corrected chi connectivity index (χ2v) is 7.00. The van der Waals surface area contributed by atoms with Gasteiger partial charge in [0.15, 0.2) is 0 Å². The van der Waals surface area contributed by atoms with Crippen molar-refractivity contribution in [3.05, 3.63) is 24.0 Å². The Hall–Kier alpha value is -1.63. The Balaban J connectivity index is 2.77. The molecule has 1 unspecified atom stereocenters. The van der Waals surface area contributed by atoms with Crippen LogP contribution in [0.25, 0.3) is 0 Å². The number of aromatic nitrogens is 1. The molecule has 1 atom stereocenters. The molecule has 0 aliphatic heterocycles. The highest BCUT2D eigenvalue weighted by Crippen LogP contribution is 2.13. The van der Waals surface area contributed by atoms with Crippen LogP contribution in [-0.4, -0.2) is 43.9 Å². The molecule has 0 saturated carbocycles. The Morgan fingerprint density at radius 2 is 2.15 bits per heavy atom. The van der Waals surface area contributed by atoms with Gasteiger partial charge in [-0.2, -0.15) is 0 Å². The molecule has 1 aromatic rings. The molecule has 0 radical (unpaired) electrons. The van der Waals surface area contributed by atoms with Crippen LogP contribution < -0.4 is 10.6 Å². The second-order valence-electron chi connectivity index (χ2n) is 4.81. The summed E-state index contributed by atoms with van der Waals surface area (Å²) in [6.45, 7) is 4.44. The van der Waals surface area contributed by atoms with Crippen molar-refractivity contribution in [2.24, 2.45) is 0 Å². The van der Waals surface area contributed by atoms with Crippen LogP contribution in [0.5, 0.6) is 0 Å². The largest absolute Gasteiger partial charge is 0.384 e. The Labute approximate surface area is 119 Å². The summed E-state index contributed by atoms with van der Waals surface area (Å²) < 4.78 is 22.4. The summed E-state index contributed by atoms with van der Waals surface area (Å²) in [6.07, 6.45) is 5.16. The van der Waals surface area contributed by atoms with Crippen molar-refractivity contribution in [3.63, 3.8) is 0 Å². The molecule has 0 spiro atoms. The van der Waals surface area contributed by atoms with Crippen molar-refractivity contribution < 1.29 is 13.2 Å². The molecular weight excluding hydrogens is 278 g/mol. The second kappa shape index (κ2) is 7.23. The summed E-state index contributed by atoms with van der Waals surface area (Å²) >= 11 is 0. The molecule has 0 aliphatic carbocycles. The van der Waals surface area contributed by atoms with Gasteiger partial charge in [-0.25, -0.2) is 8.42 Å². The maximum Gasteiger partial charge on any atom is 0.255 e. The van der Waals surface area contributed by atoms with E-state index in [-0.39, 0.29) is 11.7 Å². The number of pyridine rings is 1. The fraction of sp³-hybridized carbons (Fsp3) is 0.538. The third kappa shape index (κ3) is 5.56. The molecule has 2 N–H and O–H groups in total. The van der Waals surface area contributed by atoms with E-state index in [1.165, 1.54) is 6.20 Å². The fourth-order valence-electron chi connectivity index (χ4n) is 1.79. The van der Waals surface area contributed by atoms with E-state index >= 15 is 0 Å². The molecule has 0 aromatic carbocycles. The van der Waals surface area contributed by atoms with Gasteiger partial charge in [-0.1, -0.05) is 6.92 Å². The minimum atomic E-state index is -3.12. The number of hydrogen-bond acceptors (Lipinski definition) is 5. The standard InChI is InChI=1S/C13H21N3O3S/c1-4-6-15-12-5-7-14-8-11(12)13(17)16-10(2)9-20(3,18)19/h5,7-8,10H,4,6,9H2,1-3H3,(H,14,15)(H,16,17). The molecule has 0 saturated heterocycles. The number of rotatable bonds is 7. The van der Waals surface area contributed by atoms with Gasteiger partial charge in [0.05, 0.1) is 17.0 Å². The van der Waals surface area contributed by atoms with Crippen LogP contribution in [0.2, 0.25) is 0 Å². The molecule has 20 heavy (non-hydrogen) atoms. The summed E-state index contributed by atoms with van der Waals surface area (Å²) in [6, 6.07) is 1.28. The first kappa shape index (κ1) is 16.4. The summed E-state index contributed by atoms with van der Waals surface area (Å²) in [4.78, 5) is 16.1. The van der Waals surface area contributed by atoms with Gasteiger partial charge in [-0.3, -0.25) is 9.78 Å². The molecule has 112 valence electrons. The third-order valence-electron chi connectivity index (χ3n) is 2.56. The zero-order chi connectivity index (χ0) is 15.2. The van der Waals surface area contributed by atoms with E-state index in [1.807, 2.05) is 6.92 Å². The van der Waals surface area contributed by atoms with Crippen molar-refractivity contribution >= 4 is 21.4 Å². The van der Waals surface area contributed by atoms with Crippen LogP contribution in [0.3, 0.4) is 0 Å². The number of nitrogens with one attached hydrogen (secondary N) is 2. The van der Waals surface area contributed by atoms with Crippen molar-refractivity contribution in [2.75, 3.05) is 23.9 Å². The van der Waals surface area contributed by atoms with Gasteiger partial charge >= 0.3 is 0 Å². The maximum absolute atomic E-state index is 12.1. The molecule has 1 heterocycles. The van der Waals surface area contributed by atoms with E-state index in [0.29, 0.717) is 11.3 Å². The number of carbonyl (C=O) groups excluding carboxylic acids is 1. The Bertz CT molecular complexity index is 558. The van der Waals surface area contributed by atoms with E-state index < -0.39 is 15.9 Å². The van der Waals surface area contributed by atoms with Crippen molar-refractivity contribution in [1.29, 1.82) is 0 Å². The predicted molar refractivity (Wildman–Crippen MR) is 79.7 cm³/mol. The smallest absolute Gasteiger partial charge is 0.255 e. The SMILES string of the molecule is CCCNc1ccncc1C(=O)NC(C)CS(C)(=O)=O. The van der Waals surface area contributed by atoms with Crippen molar-refractivity contribution in [3.8, 4) is 0 Å². The molecule has 1 amide bonds. The van der Waals surface area contributed by atoms with Gasteiger partial charge < -0.3 is 10.6 Å². The normalized spacial score (nSPS) is 12.8. The Kier molecular flexibility index (Phi) is 5.94. The number of carbonyl (C=O) groups is 1. The van der Waals surface area contributed by atoms with Gasteiger partial charge in [0.1, 0.15) is 9.84 Å². The fourth-order valence-corrected chi connectivity index (χ4v) is 2.78. The minimum absolute atomic E-state index is 0.0866. The lowest BCUT2D eigenvalue weighted by atomic mass is 10.2. The summed E-state index contributed by atoms with van der Waals surface area (Å²) in [5, 5.41) is 5.82. The minimum Gasteiger partial charge on any atom is -0.384 e. The zero-order valence-corrected chi connectivity index (χ0v) is 12.8. The Morgan fingerprint density at radius 3 is 2.75 bits per heavy atom. The first-order valence-electron chi connectivity index (χ1n) is 6.50. The van der Waals surface area contributed by atoms with Crippen molar-refractivity contribution in [1.82, 2.24) is 10.3 Å². The average molecular weight is 299 g/mol. The van der Waals surface area contributed by atoms with E-state index in [0.717, 1.165) is 19.2 Å². The van der Waals surface area contributed by atoms with Crippen LogP contribution in [0.1, 0.15) is 30.6 Å². The van der Waals surface area contributed by atoms with E-state index in [9.17, 15) is 13.2 Å². The molecule has 1 aromatic heterocycles. The topological polar surface area (TPSA) is 88.2 Å².